The molecule has 2 amide bonds. The molecular formula is C31H29N3O5S2. The van der Waals surface area contributed by atoms with Crippen LogP contribution in [0.25, 0.3) is 0 Å². The van der Waals surface area contributed by atoms with Crippen molar-refractivity contribution in [2.24, 2.45) is 5.92 Å². The predicted octanol–water partition coefficient (Wildman–Crippen LogP) is 5.72. The Morgan fingerprint density at radius 1 is 0.878 bits per heavy atom. The lowest BCUT2D eigenvalue weighted by molar-refractivity contribution is -0.268. The summed E-state index contributed by atoms with van der Waals surface area (Å²) in [5.74, 6) is 0.201. The fourth-order valence-electron chi connectivity index (χ4n) is 5.15. The van der Waals surface area contributed by atoms with E-state index < -0.39 is 6.29 Å². The molecule has 3 aromatic carbocycles. The van der Waals surface area contributed by atoms with Gasteiger partial charge in [-0.25, -0.2) is 0 Å². The Balaban J connectivity index is 1.20. The Labute approximate surface area is 246 Å². The smallest absolute Gasteiger partial charge is 0.261 e. The van der Waals surface area contributed by atoms with E-state index in [1.165, 1.54) is 4.90 Å². The number of carbonyl (C=O) groups excluding carboxylic acids is 2. The predicted molar refractivity (Wildman–Crippen MR) is 155 cm³/mol. The van der Waals surface area contributed by atoms with Crippen molar-refractivity contribution in [3.05, 3.63) is 111 Å². The van der Waals surface area contributed by atoms with Gasteiger partial charge in [0, 0.05) is 17.2 Å². The van der Waals surface area contributed by atoms with Crippen LogP contribution >= 0.6 is 23.1 Å². The number of aryl methyl sites for hydroxylation is 1. The van der Waals surface area contributed by atoms with Crippen molar-refractivity contribution < 1.29 is 24.2 Å². The Morgan fingerprint density at radius 3 is 2.12 bits per heavy atom. The molecule has 0 bridgehead atoms. The zero-order valence-corrected chi connectivity index (χ0v) is 24.2. The van der Waals surface area contributed by atoms with Gasteiger partial charge in [-0.3, -0.25) is 14.5 Å². The Bertz CT molecular complexity index is 1520. The maximum absolute atomic E-state index is 12.8. The number of benzene rings is 3. The fourth-order valence-corrected chi connectivity index (χ4v) is 7.15. The first-order valence-corrected chi connectivity index (χ1v) is 15.2. The highest BCUT2D eigenvalue weighted by molar-refractivity contribution is 8.01. The molecule has 6 rings (SSSR count). The molecule has 1 N–H and O–H groups in total. The zero-order chi connectivity index (χ0) is 28.5. The summed E-state index contributed by atoms with van der Waals surface area (Å²) in [5, 5.41) is 18.8. The van der Waals surface area contributed by atoms with Gasteiger partial charge in [0.25, 0.3) is 11.8 Å². The van der Waals surface area contributed by atoms with Gasteiger partial charge in [0.2, 0.25) is 0 Å². The maximum Gasteiger partial charge on any atom is 0.261 e. The molecule has 4 atom stereocenters. The van der Waals surface area contributed by atoms with Gasteiger partial charge in [-0.1, -0.05) is 90.7 Å². The van der Waals surface area contributed by atoms with Crippen molar-refractivity contribution in [3.63, 3.8) is 0 Å². The second kappa shape index (κ2) is 11.8. The highest BCUT2D eigenvalue weighted by Crippen LogP contribution is 2.43. The van der Waals surface area contributed by atoms with Gasteiger partial charge in [0.15, 0.2) is 10.6 Å². The summed E-state index contributed by atoms with van der Waals surface area (Å²) >= 11 is 3.19. The number of nitrogens with zero attached hydrogens (tertiary/aromatic N) is 3. The van der Waals surface area contributed by atoms with Crippen LogP contribution in [-0.4, -0.2) is 43.9 Å². The fraction of sp³-hybridized carbons (Fsp3) is 0.290. The number of aliphatic hydroxyl groups excluding tert-OH is 1. The molecule has 8 nitrogen and oxygen atoms in total. The van der Waals surface area contributed by atoms with Gasteiger partial charge in [0.1, 0.15) is 5.01 Å². The molecular weight excluding hydrogens is 558 g/mol. The number of fused-ring (bicyclic) bond motifs is 1. The number of carbonyl (C=O) groups is 2. The molecule has 4 unspecified atom stereocenters. The van der Waals surface area contributed by atoms with E-state index in [0.29, 0.717) is 16.9 Å². The third-order valence-corrected chi connectivity index (χ3v) is 9.53. The first kappa shape index (κ1) is 27.7. The van der Waals surface area contributed by atoms with Crippen molar-refractivity contribution in [2.75, 3.05) is 5.75 Å². The van der Waals surface area contributed by atoms with Crippen LogP contribution in [0.2, 0.25) is 0 Å². The SMILES string of the molecule is Cc1nnc(SCC2OC(c3ccc(CN4C(=O)c5ccccc5C4=O)cc3)OC(c3ccc(CO)cc3)C2C)s1. The summed E-state index contributed by atoms with van der Waals surface area (Å²) in [6.07, 6.45) is -0.950. The average Bonchev–Trinajstić information content (AvgIpc) is 3.53. The number of thioether (sulfide) groups is 1. The minimum Gasteiger partial charge on any atom is -0.392 e. The van der Waals surface area contributed by atoms with E-state index in [4.69, 9.17) is 9.47 Å². The van der Waals surface area contributed by atoms with E-state index in [1.807, 2.05) is 55.5 Å². The molecule has 2 aliphatic rings. The number of aromatic nitrogens is 2. The average molecular weight is 588 g/mol. The topological polar surface area (TPSA) is 102 Å². The van der Waals surface area contributed by atoms with Crippen LogP contribution in [0.4, 0.5) is 0 Å². The monoisotopic (exact) mass is 587 g/mol. The van der Waals surface area contributed by atoms with Crippen LogP contribution in [0.3, 0.4) is 0 Å². The molecule has 41 heavy (non-hydrogen) atoms. The number of rotatable bonds is 8. The van der Waals surface area contributed by atoms with Crippen molar-refractivity contribution in [1.29, 1.82) is 0 Å². The third kappa shape index (κ3) is 5.71. The molecule has 10 heteroatoms. The van der Waals surface area contributed by atoms with Gasteiger partial charge in [0.05, 0.1) is 36.5 Å². The zero-order valence-electron chi connectivity index (χ0n) is 22.6. The highest BCUT2D eigenvalue weighted by Gasteiger charge is 2.39. The van der Waals surface area contributed by atoms with Crippen molar-refractivity contribution in [2.45, 2.75) is 49.8 Å². The molecule has 2 aliphatic heterocycles. The molecule has 0 radical (unpaired) electrons. The van der Waals surface area contributed by atoms with E-state index in [0.717, 1.165) is 31.6 Å². The molecule has 1 fully saturated rings. The van der Waals surface area contributed by atoms with Crippen LogP contribution in [0.15, 0.2) is 77.1 Å². The van der Waals surface area contributed by atoms with Gasteiger partial charge in [-0.05, 0) is 35.7 Å². The van der Waals surface area contributed by atoms with Crippen LogP contribution in [0.5, 0.6) is 0 Å². The standard InChI is InChI=1S/C31H29N3O5S2/c1-18-26(17-40-31-33-32-19(2)41-31)38-30(39-27(18)22-11-9-21(16-35)10-12-22)23-13-7-20(8-14-23)15-34-28(36)24-5-3-4-6-25(24)29(34)37/h3-14,18,26-27,30,35H,15-17H2,1-2H3. The third-order valence-electron chi connectivity index (χ3n) is 7.47. The van der Waals surface area contributed by atoms with Crippen LogP contribution in [0.1, 0.15) is 67.3 Å². The molecule has 1 aromatic heterocycles. The Hall–Kier alpha value is -3.41. The lowest BCUT2D eigenvalue weighted by Crippen LogP contribution is -2.38. The van der Waals surface area contributed by atoms with Gasteiger partial charge in [-0.2, -0.15) is 0 Å². The quantitative estimate of drug-likeness (QED) is 0.206. The maximum atomic E-state index is 12.8. The molecule has 1 saturated heterocycles. The van der Waals surface area contributed by atoms with E-state index in [9.17, 15) is 14.7 Å². The number of amides is 2. The summed E-state index contributed by atoms with van der Waals surface area (Å²) in [6, 6.07) is 22.4. The molecule has 4 aromatic rings. The van der Waals surface area contributed by atoms with Crippen LogP contribution in [-0.2, 0) is 22.6 Å². The lowest BCUT2D eigenvalue weighted by atomic mass is 9.91. The van der Waals surface area contributed by atoms with E-state index in [-0.39, 0.29) is 43.1 Å². The van der Waals surface area contributed by atoms with Gasteiger partial charge < -0.3 is 14.6 Å². The van der Waals surface area contributed by atoms with E-state index in [1.54, 1.807) is 47.4 Å². The van der Waals surface area contributed by atoms with E-state index in [2.05, 4.69) is 17.1 Å². The van der Waals surface area contributed by atoms with Crippen molar-refractivity contribution >= 4 is 34.9 Å². The number of ether oxygens (including phenoxy) is 2. The second-order valence-electron chi connectivity index (χ2n) is 10.2. The largest absolute Gasteiger partial charge is 0.392 e. The van der Waals surface area contributed by atoms with Crippen molar-refractivity contribution in [3.8, 4) is 0 Å². The second-order valence-corrected chi connectivity index (χ2v) is 12.7. The van der Waals surface area contributed by atoms with Crippen LogP contribution in [0, 0.1) is 12.8 Å². The summed E-state index contributed by atoms with van der Waals surface area (Å²) in [7, 11) is 0. The molecule has 210 valence electrons. The van der Waals surface area contributed by atoms with Crippen LogP contribution < -0.4 is 0 Å². The molecule has 0 spiro atoms. The number of aliphatic hydroxyl groups is 1. The minimum atomic E-state index is -0.608. The Kier molecular flexibility index (Phi) is 8.01. The normalized spacial score (nSPS) is 22.3. The van der Waals surface area contributed by atoms with Crippen molar-refractivity contribution in [1.82, 2.24) is 15.1 Å². The van der Waals surface area contributed by atoms with E-state index >= 15 is 0 Å². The molecule has 0 saturated carbocycles. The summed E-state index contributed by atoms with van der Waals surface area (Å²) in [4.78, 5) is 26.9. The first-order valence-electron chi connectivity index (χ1n) is 13.4. The highest BCUT2D eigenvalue weighted by atomic mass is 32.2. The Morgan fingerprint density at radius 2 is 1.51 bits per heavy atom. The number of hydrogen-bond acceptors (Lipinski definition) is 9. The first-order chi connectivity index (χ1) is 19.9. The lowest BCUT2D eigenvalue weighted by Gasteiger charge is -2.41. The minimum absolute atomic E-state index is 0.0132. The van der Waals surface area contributed by atoms with Gasteiger partial charge in [-0.15, -0.1) is 10.2 Å². The summed E-state index contributed by atoms with van der Waals surface area (Å²) in [5.41, 5.74) is 4.43. The molecule has 0 aliphatic carbocycles. The summed E-state index contributed by atoms with van der Waals surface area (Å²) in [6.45, 7) is 4.25. The van der Waals surface area contributed by atoms with Gasteiger partial charge >= 0.3 is 0 Å². The summed E-state index contributed by atoms with van der Waals surface area (Å²) < 4.78 is 14.0. The number of hydrogen-bond donors (Lipinski definition) is 1. The molecule has 3 heterocycles. The number of imide groups is 1.